The molecule has 1 aromatic heterocycles. The average molecular weight is 328 g/mol. The number of hydrogen-bond donors (Lipinski definition) is 1. The molecule has 0 amide bonds. The number of benzene rings is 1. The van der Waals surface area contributed by atoms with E-state index in [4.69, 9.17) is 0 Å². The second-order valence-corrected chi connectivity index (χ2v) is 5.44. The van der Waals surface area contributed by atoms with Gasteiger partial charge in [0.25, 0.3) is 5.69 Å². The highest BCUT2D eigenvalue weighted by Gasteiger charge is 2.14. The van der Waals surface area contributed by atoms with Crippen molar-refractivity contribution in [3.63, 3.8) is 0 Å². The van der Waals surface area contributed by atoms with Crippen molar-refractivity contribution in [1.29, 1.82) is 0 Å². The molecule has 0 spiro atoms. The fraction of sp³-hybridized carbons (Fsp3) is 0.182. The SMILES string of the molecule is CC(Nc1ccc(Br)c([N+](=O)[O-])c1)c1nccs1. The summed E-state index contributed by atoms with van der Waals surface area (Å²) < 4.78 is 0.472. The number of hydrogen-bond acceptors (Lipinski definition) is 5. The molecule has 1 N–H and O–H groups in total. The van der Waals surface area contributed by atoms with Gasteiger partial charge in [-0.05, 0) is 35.0 Å². The van der Waals surface area contributed by atoms with Gasteiger partial charge in [0.2, 0.25) is 0 Å². The Morgan fingerprint density at radius 3 is 2.94 bits per heavy atom. The number of nitrogens with zero attached hydrogens (tertiary/aromatic N) is 2. The summed E-state index contributed by atoms with van der Waals surface area (Å²) in [7, 11) is 0. The van der Waals surface area contributed by atoms with Crippen LogP contribution in [0, 0.1) is 10.1 Å². The molecule has 0 aliphatic heterocycles. The molecule has 1 heterocycles. The van der Waals surface area contributed by atoms with Gasteiger partial charge in [0, 0.05) is 23.3 Å². The van der Waals surface area contributed by atoms with E-state index in [1.165, 1.54) is 6.07 Å². The van der Waals surface area contributed by atoms with Gasteiger partial charge in [-0.2, -0.15) is 0 Å². The van der Waals surface area contributed by atoms with Gasteiger partial charge in [0.05, 0.1) is 15.4 Å². The van der Waals surface area contributed by atoms with Gasteiger partial charge in [0.15, 0.2) is 0 Å². The fourth-order valence-corrected chi connectivity index (χ4v) is 2.54. The van der Waals surface area contributed by atoms with Crippen molar-refractivity contribution >= 4 is 38.6 Å². The van der Waals surface area contributed by atoms with E-state index in [-0.39, 0.29) is 11.7 Å². The molecule has 0 aliphatic carbocycles. The zero-order valence-corrected chi connectivity index (χ0v) is 11.9. The number of nitrogens with one attached hydrogen (secondary N) is 1. The first kappa shape index (κ1) is 13.0. The molecule has 1 aromatic carbocycles. The van der Waals surface area contributed by atoms with Crippen LogP contribution in [0.2, 0.25) is 0 Å². The Balaban J connectivity index is 2.20. The van der Waals surface area contributed by atoms with Crippen LogP contribution in [-0.4, -0.2) is 9.91 Å². The van der Waals surface area contributed by atoms with Crippen molar-refractivity contribution in [2.45, 2.75) is 13.0 Å². The molecular formula is C11H10BrN3O2S. The fourth-order valence-electron chi connectivity index (χ4n) is 1.50. The number of nitro benzene ring substituents is 1. The third-order valence-corrected chi connectivity index (χ3v) is 3.98. The molecule has 2 rings (SSSR count). The largest absolute Gasteiger partial charge is 0.376 e. The summed E-state index contributed by atoms with van der Waals surface area (Å²) in [5.41, 5.74) is 0.749. The summed E-state index contributed by atoms with van der Waals surface area (Å²) in [5.74, 6) is 0. The summed E-state index contributed by atoms with van der Waals surface area (Å²) in [5, 5.41) is 16.9. The van der Waals surface area contributed by atoms with Crippen LogP contribution in [0.1, 0.15) is 18.0 Å². The summed E-state index contributed by atoms with van der Waals surface area (Å²) in [6.45, 7) is 1.96. The quantitative estimate of drug-likeness (QED) is 0.681. The molecule has 5 nitrogen and oxygen atoms in total. The normalized spacial score (nSPS) is 12.1. The zero-order chi connectivity index (χ0) is 13.1. The molecule has 0 bridgehead atoms. The van der Waals surface area contributed by atoms with Crippen molar-refractivity contribution in [3.8, 4) is 0 Å². The minimum atomic E-state index is -0.413. The Bertz CT molecular complexity index is 559. The molecule has 0 aliphatic rings. The predicted molar refractivity (Wildman–Crippen MR) is 74.9 cm³/mol. The number of anilines is 1. The lowest BCUT2D eigenvalue weighted by molar-refractivity contribution is -0.385. The highest BCUT2D eigenvalue weighted by molar-refractivity contribution is 9.10. The van der Waals surface area contributed by atoms with Crippen LogP contribution in [-0.2, 0) is 0 Å². The maximum absolute atomic E-state index is 10.8. The standard InChI is InChI=1S/C11H10BrN3O2S/c1-7(11-13-4-5-18-11)14-8-2-3-9(12)10(6-8)15(16)17/h2-7,14H,1H3. The molecule has 0 radical (unpaired) electrons. The van der Waals surface area contributed by atoms with E-state index in [1.807, 2.05) is 12.3 Å². The van der Waals surface area contributed by atoms with Crippen LogP contribution in [0.3, 0.4) is 0 Å². The lowest BCUT2D eigenvalue weighted by Crippen LogP contribution is -2.06. The summed E-state index contributed by atoms with van der Waals surface area (Å²) >= 11 is 4.70. The Labute approximate surface area is 116 Å². The summed E-state index contributed by atoms with van der Waals surface area (Å²) in [6, 6.07) is 4.98. The Morgan fingerprint density at radius 1 is 1.56 bits per heavy atom. The van der Waals surface area contributed by atoms with Crippen molar-refractivity contribution in [2.75, 3.05) is 5.32 Å². The smallest absolute Gasteiger partial charge is 0.285 e. The molecule has 1 atom stereocenters. The van der Waals surface area contributed by atoms with Crippen LogP contribution in [0.15, 0.2) is 34.2 Å². The number of nitro groups is 1. The van der Waals surface area contributed by atoms with Crippen LogP contribution in [0.5, 0.6) is 0 Å². The average Bonchev–Trinajstić information content (AvgIpc) is 2.85. The Morgan fingerprint density at radius 2 is 2.33 bits per heavy atom. The lowest BCUT2D eigenvalue weighted by atomic mass is 10.2. The number of halogens is 1. The topological polar surface area (TPSA) is 68.1 Å². The van der Waals surface area contributed by atoms with E-state index in [0.717, 1.165) is 5.01 Å². The first-order valence-electron chi connectivity index (χ1n) is 5.18. The molecular weight excluding hydrogens is 318 g/mol. The lowest BCUT2D eigenvalue weighted by Gasteiger charge is -2.12. The maximum Gasteiger partial charge on any atom is 0.285 e. The minimum Gasteiger partial charge on any atom is -0.376 e. The maximum atomic E-state index is 10.8. The van der Waals surface area contributed by atoms with Crippen molar-refractivity contribution in [3.05, 3.63) is 49.4 Å². The predicted octanol–water partition coefficient (Wildman–Crippen LogP) is 3.99. The Kier molecular flexibility index (Phi) is 3.93. The van der Waals surface area contributed by atoms with Gasteiger partial charge in [-0.15, -0.1) is 11.3 Å². The number of rotatable bonds is 4. The van der Waals surface area contributed by atoms with E-state index in [0.29, 0.717) is 10.2 Å². The minimum absolute atomic E-state index is 0.0192. The van der Waals surface area contributed by atoms with Gasteiger partial charge in [-0.25, -0.2) is 4.98 Å². The monoisotopic (exact) mass is 327 g/mol. The van der Waals surface area contributed by atoms with Gasteiger partial charge < -0.3 is 5.32 Å². The van der Waals surface area contributed by atoms with Crippen molar-refractivity contribution in [1.82, 2.24) is 4.98 Å². The van der Waals surface area contributed by atoms with E-state index < -0.39 is 4.92 Å². The van der Waals surface area contributed by atoms with E-state index >= 15 is 0 Å². The van der Waals surface area contributed by atoms with E-state index in [1.54, 1.807) is 29.7 Å². The molecule has 94 valence electrons. The van der Waals surface area contributed by atoms with Crippen LogP contribution in [0.4, 0.5) is 11.4 Å². The third-order valence-electron chi connectivity index (χ3n) is 2.35. The zero-order valence-electron chi connectivity index (χ0n) is 9.46. The van der Waals surface area contributed by atoms with Gasteiger partial charge in [-0.3, -0.25) is 10.1 Å². The molecule has 0 saturated carbocycles. The first-order chi connectivity index (χ1) is 8.58. The van der Waals surface area contributed by atoms with Crippen molar-refractivity contribution in [2.24, 2.45) is 0 Å². The Hall–Kier alpha value is -1.47. The molecule has 7 heteroatoms. The van der Waals surface area contributed by atoms with Crippen LogP contribution >= 0.6 is 27.3 Å². The summed E-state index contributed by atoms with van der Waals surface area (Å²) in [6.07, 6.45) is 1.74. The van der Waals surface area contributed by atoms with E-state index in [9.17, 15) is 10.1 Å². The molecule has 2 aromatic rings. The van der Waals surface area contributed by atoms with E-state index in [2.05, 4.69) is 26.2 Å². The van der Waals surface area contributed by atoms with Gasteiger partial charge >= 0.3 is 0 Å². The molecule has 0 fully saturated rings. The summed E-state index contributed by atoms with van der Waals surface area (Å²) in [4.78, 5) is 14.6. The van der Waals surface area contributed by atoms with Gasteiger partial charge in [-0.1, -0.05) is 0 Å². The molecule has 18 heavy (non-hydrogen) atoms. The molecule has 1 unspecified atom stereocenters. The van der Waals surface area contributed by atoms with Gasteiger partial charge in [0.1, 0.15) is 5.01 Å². The highest BCUT2D eigenvalue weighted by Crippen LogP contribution is 2.29. The third kappa shape index (κ3) is 2.85. The van der Waals surface area contributed by atoms with Crippen LogP contribution < -0.4 is 5.32 Å². The highest BCUT2D eigenvalue weighted by atomic mass is 79.9. The number of aromatic nitrogens is 1. The molecule has 0 saturated heterocycles. The first-order valence-corrected chi connectivity index (χ1v) is 6.85. The number of thiazole rings is 1. The van der Waals surface area contributed by atoms with Crippen molar-refractivity contribution < 1.29 is 4.92 Å². The second kappa shape index (κ2) is 5.45. The van der Waals surface area contributed by atoms with Crippen LogP contribution in [0.25, 0.3) is 0 Å². The second-order valence-electron chi connectivity index (χ2n) is 3.66.